The first-order valence-corrected chi connectivity index (χ1v) is 13.9. The van der Waals surface area contributed by atoms with Gasteiger partial charge >= 0.3 is 5.97 Å². The number of unbranched alkanes of at least 4 members (excludes halogenated alkanes) is 16. The van der Waals surface area contributed by atoms with Gasteiger partial charge in [0.1, 0.15) is 12.1 Å². The average Bonchev–Trinajstić information content (AvgIpc) is 2.69. The van der Waals surface area contributed by atoms with Gasteiger partial charge in [-0.05, 0) is 13.3 Å². The first-order valence-electron chi connectivity index (χ1n) is 13.9. The molecular formula is C28H58NO3+. The minimum Gasteiger partial charge on any atom is -0.481 e. The van der Waals surface area contributed by atoms with E-state index in [9.17, 15) is 9.90 Å². The van der Waals surface area contributed by atoms with E-state index in [1.165, 1.54) is 103 Å². The van der Waals surface area contributed by atoms with Crippen LogP contribution in [0.25, 0.3) is 0 Å². The van der Waals surface area contributed by atoms with Crippen molar-refractivity contribution in [2.24, 2.45) is 0 Å². The second-order valence-electron chi connectivity index (χ2n) is 11.2. The van der Waals surface area contributed by atoms with E-state index < -0.39 is 11.6 Å². The van der Waals surface area contributed by atoms with Gasteiger partial charge < -0.3 is 14.7 Å². The van der Waals surface area contributed by atoms with Crippen LogP contribution in [0.1, 0.15) is 142 Å². The number of hydrogen-bond donors (Lipinski definition) is 2. The van der Waals surface area contributed by atoms with Gasteiger partial charge in [-0.25, -0.2) is 0 Å². The zero-order valence-electron chi connectivity index (χ0n) is 22.3. The van der Waals surface area contributed by atoms with Crippen molar-refractivity contribution < 1.29 is 19.5 Å². The molecule has 0 heterocycles. The fraction of sp³-hybridized carbons (Fsp3) is 0.964. The number of rotatable bonds is 24. The number of carboxylic acids is 1. The Morgan fingerprint density at radius 1 is 0.688 bits per heavy atom. The summed E-state index contributed by atoms with van der Waals surface area (Å²) in [5.74, 6) is -0.736. The highest BCUT2D eigenvalue weighted by Gasteiger charge is 2.30. The molecule has 0 aromatic rings. The molecular weight excluding hydrogens is 398 g/mol. The van der Waals surface area contributed by atoms with Crippen LogP contribution in [0.15, 0.2) is 0 Å². The van der Waals surface area contributed by atoms with Gasteiger partial charge in [-0.2, -0.15) is 0 Å². The van der Waals surface area contributed by atoms with Crippen molar-refractivity contribution in [3.8, 4) is 0 Å². The third-order valence-electron chi connectivity index (χ3n) is 6.74. The zero-order valence-corrected chi connectivity index (χ0v) is 22.3. The lowest BCUT2D eigenvalue weighted by Gasteiger charge is -2.36. The summed E-state index contributed by atoms with van der Waals surface area (Å²) in [7, 11) is 4.18. The van der Waals surface area contributed by atoms with Crippen LogP contribution < -0.4 is 0 Å². The summed E-state index contributed by atoms with van der Waals surface area (Å²) in [5, 5.41) is 19.6. The third kappa shape index (κ3) is 22.6. The van der Waals surface area contributed by atoms with Gasteiger partial charge in [0, 0.05) is 6.42 Å². The quantitative estimate of drug-likeness (QED) is 0.115. The van der Waals surface area contributed by atoms with Crippen LogP contribution in [-0.4, -0.2) is 53.5 Å². The molecule has 4 nitrogen and oxygen atoms in total. The maximum absolute atomic E-state index is 10.8. The predicted molar refractivity (Wildman–Crippen MR) is 138 cm³/mol. The van der Waals surface area contributed by atoms with E-state index in [0.717, 1.165) is 19.4 Å². The molecule has 0 saturated carbocycles. The molecule has 2 N–H and O–H groups in total. The van der Waals surface area contributed by atoms with Crippen LogP contribution >= 0.6 is 0 Å². The Kier molecular flexibility index (Phi) is 19.4. The van der Waals surface area contributed by atoms with E-state index in [1.54, 1.807) is 0 Å². The molecule has 0 aromatic heterocycles. The number of carboxylic acid groups (broad SMARTS) is 1. The number of quaternary nitrogens is 1. The maximum atomic E-state index is 10.8. The van der Waals surface area contributed by atoms with Crippen molar-refractivity contribution in [2.75, 3.05) is 27.2 Å². The lowest BCUT2D eigenvalue weighted by molar-refractivity contribution is -0.896. The van der Waals surface area contributed by atoms with E-state index in [-0.39, 0.29) is 6.42 Å². The largest absolute Gasteiger partial charge is 0.481 e. The Balaban J connectivity index is 3.49. The van der Waals surface area contributed by atoms with Crippen LogP contribution in [0.5, 0.6) is 0 Å². The van der Waals surface area contributed by atoms with Gasteiger partial charge in [0.2, 0.25) is 0 Å². The molecule has 0 radical (unpaired) electrons. The Labute approximate surface area is 200 Å². The standard InChI is InChI=1S/C28H57NO3/c1-5-6-7-8-9-10-11-12-13-14-15-16-17-18-19-20-21-24-28(2,32)26-29(3,4)25-22-23-27(30)31/h32H,5-26H2,1-4H3/p+1. The summed E-state index contributed by atoms with van der Waals surface area (Å²) in [4.78, 5) is 10.7. The second kappa shape index (κ2) is 19.8. The van der Waals surface area contributed by atoms with Crippen molar-refractivity contribution in [1.82, 2.24) is 0 Å². The van der Waals surface area contributed by atoms with E-state index in [0.29, 0.717) is 17.4 Å². The van der Waals surface area contributed by atoms with E-state index in [1.807, 2.05) is 6.92 Å². The molecule has 0 fully saturated rings. The molecule has 1 atom stereocenters. The highest BCUT2D eigenvalue weighted by atomic mass is 16.4. The van der Waals surface area contributed by atoms with Crippen molar-refractivity contribution in [2.45, 2.75) is 148 Å². The minimum absolute atomic E-state index is 0.211. The summed E-state index contributed by atoms with van der Waals surface area (Å²) < 4.78 is 0.680. The molecule has 0 bridgehead atoms. The lowest BCUT2D eigenvalue weighted by atomic mass is 9.96. The van der Waals surface area contributed by atoms with Gasteiger partial charge in [-0.15, -0.1) is 0 Å². The van der Waals surface area contributed by atoms with Crippen LogP contribution in [0, 0.1) is 0 Å². The fourth-order valence-electron chi connectivity index (χ4n) is 4.97. The van der Waals surface area contributed by atoms with Crippen LogP contribution in [-0.2, 0) is 4.79 Å². The average molecular weight is 457 g/mol. The highest BCUT2D eigenvalue weighted by molar-refractivity contribution is 5.66. The SMILES string of the molecule is CCCCCCCCCCCCCCCCCCCC(C)(O)C[N+](C)(C)CCCC(=O)O. The summed E-state index contributed by atoms with van der Waals surface area (Å²) in [6.45, 7) is 5.70. The highest BCUT2D eigenvalue weighted by Crippen LogP contribution is 2.20. The fourth-order valence-corrected chi connectivity index (χ4v) is 4.97. The maximum Gasteiger partial charge on any atom is 0.303 e. The van der Waals surface area contributed by atoms with Gasteiger partial charge in [0.05, 0.1) is 27.1 Å². The van der Waals surface area contributed by atoms with Crippen LogP contribution in [0.4, 0.5) is 0 Å². The van der Waals surface area contributed by atoms with Crippen molar-refractivity contribution in [1.29, 1.82) is 0 Å². The molecule has 0 rings (SSSR count). The second-order valence-corrected chi connectivity index (χ2v) is 11.2. The number of likely N-dealkylation sites (N-methyl/N-ethyl adjacent to an activating group) is 1. The molecule has 0 aromatic carbocycles. The van der Waals surface area contributed by atoms with Crippen LogP contribution in [0.3, 0.4) is 0 Å². The Hall–Kier alpha value is -0.610. The first kappa shape index (κ1) is 31.4. The Morgan fingerprint density at radius 2 is 1.06 bits per heavy atom. The predicted octanol–water partition coefficient (Wildman–Crippen LogP) is 7.72. The number of carbonyl (C=O) groups is 1. The molecule has 192 valence electrons. The third-order valence-corrected chi connectivity index (χ3v) is 6.74. The molecule has 0 amide bonds. The molecule has 0 aliphatic rings. The summed E-state index contributed by atoms with van der Waals surface area (Å²) in [5.41, 5.74) is -0.664. The molecule has 32 heavy (non-hydrogen) atoms. The minimum atomic E-state index is -0.736. The van der Waals surface area contributed by atoms with Gasteiger partial charge in [-0.3, -0.25) is 4.79 Å². The van der Waals surface area contributed by atoms with Crippen molar-refractivity contribution in [3.63, 3.8) is 0 Å². The summed E-state index contributed by atoms with van der Waals surface area (Å²) in [6, 6.07) is 0. The van der Waals surface area contributed by atoms with Gasteiger partial charge in [-0.1, -0.05) is 116 Å². The number of hydrogen-bond acceptors (Lipinski definition) is 2. The first-order chi connectivity index (χ1) is 15.2. The zero-order chi connectivity index (χ0) is 24.1. The smallest absolute Gasteiger partial charge is 0.303 e. The molecule has 1 unspecified atom stereocenters. The Bertz CT molecular complexity index is 434. The van der Waals surface area contributed by atoms with Gasteiger partial charge in [0.25, 0.3) is 0 Å². The van der Waals surface area contributed by atoms with E-state index in [2.05, 4.69) is 21.0 Å². The van der Waals surface area contributed by atoms with E-state index >= 15 is 0 Å². The molecule has 0 aliphatic heterocycles. The molecule has 4 heteroatoms. The summed E-state index contributed by atoms with van der Waals surface area (Å²) >= 11 is 0. The van der Waals surface area contributed by atoms with Gasteiger partial charge in [0.15, 0.2) is 0 Å². The summed E-state index contributed by atoms with van der Waals surface area (Å²) in [6.07, 6.45) is 25.0. The monoisotopic (exact) mass is 456 g/mol. The molecule has 0 saturated heterocycles. The lowest BCUT2D eigenvalue weighted by Crippen LogP contribution is -2.51. The normalized spacial score (nSPS) is 13.9. The number of nitrogens with zero attached hydrogens (tertiary/aromatic N) is 1. The van der Waals surface area contributed by atoms with Crippen molar-refractivity contribution >= 4 is 5.97 Å². The number of aliphatic carboxylic acids is 1. The molecule has 0 spiro atoms. The topological polar surface area (TPSA) is 57.5 Å². The van der Waals surface area contributed by atoms with Crippen molar-refractivity contribution in [3.05, 3.63) is 0 Å². The van der Waals surface area contributed by atoms with Crippen LogP contribution in [0.2, 0.25) is 0 Å². The number of aliphatic hydroxyl groups is 1. The Morgan fingerprint density at radius 3 is 1.44 bits per heavy atom. The molecule has 0 aliphatic carbocycles. The van der Waals surface area contributed by atoms with E-state index in [4.69, 9.17) is 5.11 Å².